The molecule has 0 saturated heterocycles. The van der Waals surface area contributed by atoms with Crippen LogP contribution in [0.5, 0.6) is 5.75 Å². The van der Waals surface area contributed by atoms with E-state index in [1.54, 1.807) is 0 Å². The first-order valence-electron chi connectivity index (χ1n) is 9.25. The van der Waals surface area contributed by atoms with Gasteiger partial charge in [-0.3, -0.25) is 9.36 Å². The molecule has 1 N–H and O–H groups in total. The fraction of sp³-hybridized carbons (Fsp3) is 0.286. The Bertz CT molecular complexity index is 1000. The number of fused-ring (bicyclic) bond motifs is 1. The number of aromatic nitrogens is 3. The van der Waals surface area contributed by atoms with Crippen molar-refractivity contribution in [1.29, 1.82) is 0 Å². The second-order valence-corrected chi connectivity index (χ2v) is 7.68. The van der Waals surface area contributed by atoms with Crippen molar-refractivity contribution >= 4 is 17.7 Å². The lowest BCUT2D eigenvalue weighted by Gasteiger charge is -2.26. The molecular formula is C21H22N4O2S. The number of amides is 1. The molecule has 1 aliphatic heterocycles. The van der Waals surface area contributed by atoms with E-state index in [1.807, 2.05) is 54.0 Å². The molecule has 1 unspecified atom stereocenters. The van der Waals surface area contributed by atoms with E-state index in [1.165, 1.54) is 11.8 Å². The largest absolute Gasteiger partial charge is 0.493 e. The van der Waals surface area contributed by atoms with Gasteiger partial charge in [0, 0.05) is 12.0 Å². The van der Waals surface area contributed by atoms with E-state index in [0.717, 1.165) is 34.8 Å². The number of carbonyl (C=O) groups is 1. The van der Waals surface area contributed by atoms with E-state index in [-0.39, 0.29) is 17.7 Å². The van der Waals surface area contributed by atoms with Crippen molar-refractivity contribution in [2.45, 2.75) is 31.5 Å². The molecule has 1 amide bonds. The molecule has 7 heteroatoms. The average molecular weight is 395 g/mol. The molecule has 1 aromatic heterocycles. The summed E-state index contributed by atoms with van der Waals surface area (Å²) in [6.45, 7) is 4.58. The summed E-state index contributed by atoms with van der Waals surface area (Å²) in [4.78, 5) is 12.6. The Labute approximate surface area is 168 Å². The summed E-state index contributed by atoms with van der Waals surface area (Å²) in [5.74, 6) is 1.91. The van der Waals surface area contributed by atoms with Gasteiger partial charge in [-0.25, -0.2) is 0 Å². The Morgan fingerprint density at radius 3 is 2.82 bits per heavy atom. The maximum absolute atomic E-state index is 12.6. The summed E-state index contributed by atoms with van der Waals surface area (Å²) in [5, 5.41) is 12.3. The number of thioether (sulfide) groups is 1. The van der Waals surface area contributed by atoms with Gasteiger partial charge in [-0.2, -0.15) is 0 Å². The van der Waals surface area contributed by atoms with E-state index in [0.29, 0.717) is 11.8 Å². The topological polar surface area (TPSA) is 69.0 Å². The maximum Gasteiger partial charge on any atom is 0.230 e. The van der Waals surface area contributed by atoms with Gasteiger partial charge in [0.1, 0.15) is 11.6 Å². The molecule has 0 aliphatic carbocycles. The van der Waals surface area contributed by atoms with E-state index < -0.39 is 0 Å². The van der Waals surface area contributed by atoms with Gasteiger partial charge in [-0.05, 0) is 31.5 Å². The minimum Gasteiger partial charge on any atom is -0.493 e. The molecule has 0 fully saturated rings. The number of benzene rings is 2. The summed E-state index contributed by atoms with van der Waals surface area (Å²) >= 11 is 1.40. The molecule has 1 aliphatic rings. The molecule has 28 heavy (non-hydrogen) atoms. The van der Waals surface area contributed by atoms with E-state index in [2.05, 4.69) is 28.5 Å². The average Bonchev–Trinajstić information content (AvgIpc) is 3.07. The quantitative estimate of drug-likeness (QED) is 0.670. The molecule has 4 rings (SSSR count). The molecule has 3 aromatic rings. The number of carbonyl (C=O) groups excluding carboxylic acids is 1. The first kappa shape index (κ1) is 18.6. The van der Waals surface area contributed by atoms with Crippen LogP contribution in [0.25, 0.3) is 5.69 Å². The second-order valence-electron chi connectivity index (χ2n) is 6.74. The maximum atomic E-state index is 12.6. The van der Waals surface area contributed by atoms with E-state index in [9.17, 15) is 4.79 Å². The lowest BCUT2D eigenvalue weighted by Crippen LogP contribution is -2.33. The van der Waals surface area contributed by atoms with Gasteiger partial charge in [-0.1, -0.05) is 48.2 Å². The zero-order valence-corrected chi connectivity index (χ0v) is 16.7. The molecule has 2 heterocycles. The number of aryl methyl sites for hydroxylation is 2. The van der Waals surface area contributed by atoms with Crippen molar-refractivity contribution in [1.82, 2.24) is 20.1 Å². The number of ether oxygens (including phenoxy) is 1. The van der Waals surface area contributed by atoms with Crippen molar-refractivity contribution in [2.75, 3.05) is 12.4 Å². The second kappa shape index (κ2) is 8.06. The third-order valence-electron chi connectivity index (χ3n) is 4.78. The summed E-state index contributed by atoms with van der Waals surface area (Å²) in [7, 11) is 0. The number of nitrogens with zero attached hydrogens (tertiary/aromatic N) is 3. The fourth-order valence-electron chi connectivity index (χ4n) is 3.39. The van der Waals surface area contributed by atoms with Gasteiger partial charge in [0.05, 0.1) is 24.1 Å². The van der Waals surface area contributed by atoms with Crippen LogP contribution in [0.4, 0.5) is 0 Å². The summed E-state index contributed by atoms with van der Waals surface area (Å²) in [5.41, 5.74) is 3.20. The number of nitrogens with one attached hydrogen (secondary N) is 1. The monoisotopic (exact) mass is 394 g/mol. The lowest BCUT2D eigenvalue weighted by atomic mass is 10.0. The van der Waals surface area contributed by atoms with Crippen molar-refractivity contribution < 1.29 is 9.53 Å². The third kappa shape index (κ3) is 3.75. The van der Waals surface area contributed by atoms with Crippen LogP contribution in [0, 0.1) is 13.8 Å². The number of para-hydroxylation sites is 2. The van der Waals surface area contributed by atoms with Crippen LogP contribution in [-0.2, 0) is 4.79 Å². The van der Waals surface area contributed by atoms with Crippen LogP contribution in [0.2, 0.25) is 0 Å². The highest BCUT2D eigenvalue weighted by Crippen LogP contribution is 2.31. The number of hydrogen-bond donors (Lipinski definition) is 1. The Balaban J connectivity index is 1.45. The smallest absolute Gasteiger partial charge is 0.230 e. The van der Waals surface area contributed by atoms with Gasteiger partial charge < -0.3 is 10.1 Å². The zero-order chi connectivity index (χ0) is 19.5. The Kier molecular flexibility index (Phi) is 5.34. The first-order chi connectivity index (χ1) is 13.6. The summed E-state index contributed by atoms with van der Waals surface area (Å²) in [6, 6.07) is 15.9. The van der Waals surface area contributed by atoms with E-state index >= 15 is 0 Å². The molecule has 0 spiro atoms. The summed E-state index contributed by atoms with van der Waals surface area (Å²) < 4.78 is 7.66. The molecule has 144 valence electrons. The fourth-order valence-corrected chi connectivity index (χ4v) is 4.19. The van der Waals surface area contributed by atoms with Crippen molar-refractivity contribution in [3.8, 4) is 11.4 Å². The first-order valence-corrected chi connectivity index (χ1v) is 10.2. The number of hydrogen-bond acceptors (Lipinski definition) is 5. The SMILES string of the molecule is Cc1ccccc1-n1c(C)nnc1SCC(=O)NC1CCOc2ccccc21. The van der Waals surface area contributed by atoms with Crippen LogP contribution in [0.3, 0.4) is 0 Å². The molecule has 0 radical (unpaired) electrons. The van der Waals surface area contributed by atoms with Crippen LogP contribution in [0.15, 0.2) is 53.7 Å². The molecule has 2 aromatic carbocycles. The lowest BCUT2D eigenvalue weighted by molar-refractivity contribution is -0.119. The van der Waals surface area contributed by atoms with Crippen LogP contribution in [-0.4, -0.2) is 33.0 Å². The van der Waals surface area contributed by atoms with Crippen LogP contribution < -0.4 is 10.1 Å². The van der Waals surface area contributed by atoms with Crippen molar-refractivity contribution in [3.63, 3.8) is 0 Å². The van der Waals surface area contributed by atoms with Gasteiger partial charge in [0.25, 0.3) is 0 Å². The normalized spacial score (nSPS) is 15.6. The predicted octanol–water partition coefficient (Wildman–Crippen LogP) is 3.62. The third-order valence-corrected chi connectivity index (χ3v) is 5.71. The molecule has 0 saturated carbocycles. The van der Waals surface area contributed by atoms with Gasteiger partial charge in [-0.15, -0.1) is 10.2 Å². The highest BCUT2D eigenvalue weighted by Gasteiger charge is 2.23. The zero-order valence-electron chi connectivity index (χ0n) is 15.9. The van der Waals surface area contributed by atoms with Crippen LogP contribution >= 0.6 is 11.8 Å². The van der Waals surface area contributed by atoms with Gasteiger partial charge >= 0.3 is 0 Å². The minimum atomic E-state index is -0.0244. The molecule has 1 atom stereocenters. The Morgan fingerprint density at radius 2 is 1.96 bits per heavy atom. The number of rotatable bonds is 5. The molecular weight excluding hydrogens is 372 g/mol. The Morgan fingerprint density at radius 1 is 1.18 bits per heavy atom. The molecule has 0 bridgehead atoms. The van der Waals surface area contributed by atoms with E-state index in [4.69, 9.17) is 4.74 Å². The highest BCUT2D eigenvalue weighted by atomic mass is 32.2. The predicted molar refractivity (Wildman–Crippen MR) is 109 cm³/mol. The van der Waals surface area contributed by atoms with Crippen molar-refractivity contribution in [2.24, 2.45) is 0 Å². The van der Waals surface area contributed by atoms with Crippen molar-refractivity contribution in [3.05, 3.63) is 65.5 Å². The standard InChI is InChI=1S/C21H22N4O2S/c1-14-7-3-5-9-18(14)25-15(2)23-24-21(25)28-13-20(26)22-17-11-12-27-19-10-6-4-8-16(17)19/h3-10,17H,11-13H2,1-2H3,(H,22,26). The van der Waals surface area contributed by atoms with Gasteiger partial charge in [0.2, 0.25) is 5.91 Å². The summed E-state index contributed by atoms with van der Waals surface area (Å²) in [6.07, 6.45) is 0.770. The highest BCUT2D eigenvalue weighted by molar-refractivity contribution is 7.99. The Hall–Kier alpha value is -2.80. The minimum absolute atomic E-state index is 0.0194. The molecule has 6 nitrogen and oxygen atoms in total. The van der Waals surface area contributed by atoms with Crippen LogP contribution in [0.1, 0.15) is 29.4 Å². The van der Waals surface area contributed by atoms with Gasteiger partial charge in [0.15, 0.2) is 5.16 Å².